The first-order chi connectivity index (χ1) is 11.5. The molecule has 0 aromatic carbocycles. The molecule has 1 saturated heterocycles. The first-order valence-corrected chi connectivity index (χ1v) is 9.09. The molecule has 1 spiro atoms. The van der Waals surface area contributed by atoms with Crippen LogP contribution in [0.2, 0.25) is 0 Å². The highest BCUT2D eigenvalue weighted by atomic mass is 127. The minimum Gasteiger partial charge on any atom is -0.356 e. The molecule has 0 radical (unpaired) electrons. The lowest BCUT2D eigenvalue weighted by Gasteiger charge is -2.31. The summed E-state index contributed by atoms with van der Waals surface area (Å²) >= 11 is 0. The smallest absolute Gasteiger partial charge is 0.243 e. The number of likely N-dealkylation sites (N-methyl/N-ethyl adjacent to an activating group) is 1. The van der Waals surface area contributed by atoms with E-state index in [2.05, 4.69) is 22.5 Å². The first kappa shape index (κ1) is 22.4. The molecule has 0 aromatic rings. The van der Waals surface area contributed by atoms with E-state index in [1.54, 1.807) is 19.0 Å². The summed E-state index contributed by atoms with van der Waals surface area (Å²) in [5, 5.41) is 6.51. The third kappa shape index (κ3) is 7.26. The predicted molar refractivity (Wildman–Crippen MR) is 109 cm³/mol. The number of rotatable bonds is 6. The van der Waals surface area contributed by atoms with E-state index in [9.17, 15) is 4.79 Å². The fraction of sp³-hybridized carbons (Fsp3) is 0.882. The standard InChI is InChI=1S/C17H32N4O3.HI/c1-4-10-18-16(20-12-15(22)21(2)3)19-11-14-13-23-17(24-14)8-6-5-7-9-17;/h14H,4-13H2,1-3H3,(H2,18,19,20);1H. The molecule has 2 fully saturated rings. The zero-order valence-corrected chi connectivity index (χ0v) is 18.0. The summed E-state index contributed by atoms with van der Waals surface area (Å²) in [4.78, 5) is 17.6. The number of guanidine groups is 1. The average Bonchev–Trinajstić information content (AvgIpc) is 2.96. The maximum absolute atomic E-state index is 11.7. The van der Waals surface area contributed by atoms with Crippen molar-refractivity contribution in [3.8, 4) is 0 Å². The Labute approximate surface area is 168 Å². The molecule has 2 rings (SSSR count). The number of aliphatic imine (C=N–C) groups is 1. The van der Waals surface area contributed by atoms with Crippen LogP contribution in [-0.4, -0.2) is 69.0 Å². The number of carbonyl (C=O) groups is 1. The van der Waals surface area contributed by atoms with Gasteiger partial charge in [0.25, 0.3) is 0 Å². The SMILES string of the molecule is CCCNC(=NCC(=O)N(C)C)NCC1COC2(CCCCC2)O1.I. The van der Waals surface area contributed by atoms with E-state index in [4.69, 9.17) is 9.47 Å². The number of hydrogen-bond donors (Lipinski definition) is 2. The summed E-state index contributed by atoms with van der Waals surface area (Å²) in [7, 11) is 3.47. The molecule has 8 heteroatoms. The van der Waals surface area contributed by atoms with E-state index in [1.165, 1.54) is 19.3 Å². The van der Waals surface area contributed by atoms with Crippen LogP contribution in [0.1, 0.15) is 45.4 Å². The molecule has 7 nitrogen and oxygen atoms in total. The Morgan fingerprint density at radius 2 is 1.96 bits per heavy atom. The monoisotopic (exact) mass is 468 g/mol. The van der Waals surface area contributed by atoms with Crippen LogP contribution in [0.25, 0.3) is 0 Å². The summed E-state index contributed by atoms with van der Waals surface area (Å²) in [5.41, 5.74) is 0. The van der Waals surface area contributed by atoms with Gasteiger partial charge in [-0.15, -0.1) is 24.0 Å². The number of ether oxygens (including phenoxy) is 2. The van der Waals surface area contributed by atoms with Crippen LogP contribution in [0.15, 0.2) is 4.99 Å². The molecule has 1 atom stereocenters. The largest absolute Gasteiger partial charge is 0.356 e. The van der Waals surface area contributed by atoms with Crippen molar-refractivity contribution in [3.05, 3.63) is 0 Å². The Morgan fingerprint density at radius 1 is 1.24 bits per heavy atom. The number of hydrogen-bond acceptors (Lipinski definition) is 4. The van der Waals surface area contributed by atoms with Crippen LogP contribution < -0.4 is 10.6 Å². The van der Waals surface area contributed by atoms with Gasteiger partial charge in [-0.3, -0.25) is 4.79 Å². The Kier molecular flexibility index (Phi) is 10.0. The molecule has 1 aliphatic heterocycles. The van der Waals surface area contributed by atoms with Crippen molar-refractivity contribution in [2.45, 2.75) is 57.3 Å². The fourth-order valence-electron chi connectivity index (χ4n) is 2.99. The predicted octanol–water partition coefficient (Wildman–Crippen LogP) is 1.71. The van der Waals surface area contributed by atoms with Gasteiger partial charge in [0.2, 0.25) is 5.91 Å². The summed E-state index contributed by atoms with van der Waals surface area (Å²) in [6.45, 7) is 4.29. The second-order valence-electron chi connectivity index (χ2n) is 6.78. The molecule has 25 heavy (non-hydrogen) atoms. The summed E-state index contributed by atoms with van der Waals surface area (Å²) in [6, 6.07) is 0. The Bertz CT molecular complexity index is 440. The zero-order chi connectivity index (χ0) is 17.4. The Hall–Kier alpha value is -0.610. The molecular formula is C17H33IN4O3. The van der Waals surface area contributed by atoms with Crippen LogP contribution >= 0.6 is 24.0 Å². The third-order valence-corrected chi connectivity index (χ3v) is 4.44. The van der Waals surface area contributed by atoms with Gasteiger partial charge in [-0.25, -0.2) is 4.99 Å². The van der Waals surface area contributed by atoms with Crippen LogP contribution in [0.4, 0.5) is 0 Å². The zero-order valence-electron chi connectivity index (χ0n) is 15.7. The summed E-state index contributed by atoms with van der Waals surface area (Å²) in [5.74, 6) is 0.286. The van der Waals surface area contributed by atoms with Gasteiger partial charge in [0.1, 0.15) is 12.6 Å². The molecule has 2 aliphatic rings. The fourth-order valence-corrected chi connectivity index (χ4v) is 2.99. The van der Waals surface area contributed by atoms with Crippen molar-refractivity contribution >= 4 is 35.8 Å². The van der Waals surface area contributed by atoms with E-state index in [1.807, 2.05) is 0 Å². The van der Waals surface area contributed by atoms with Gasteiger partial charge in [0, 0.05) is 40.0 Å². The van der Waals surface area contributed by atoms with Gasteiger partial charge in [-0.05, 0) is 19.3 Å². The van der Waals surface area contributed by atoms with Gasteiger partial charge in [0.05, 0.1) is 6.61 Å². The highest BCUT2D eigenvalue weighted by Crippen LogP contribution is 2.37. The lowest BCUT2D eigenvalue weighted by molar-refractivity contribution is -0.186. The van der Waals surface area contributed by atoms with Crippen molar-refractivity contribution in [2.75, 3.05) is 40.3 Å². The van der Waals surface area contributed by atoms with Crippen molar-refractivity contribution in [1.29, 1.82) is 0 Å². The highest BCUT2D eigenvalue weighted by molar-refractivity contribution is 14.0. The van der Waals surface area contributed by atoms with Crippen molar-refractivity contribution in [2.24, 2.45) is 4.99 Å². The van der Waals surface area contributed by atoms with Crippen molar-refractivity contribution in [3.63, 3.8) is 0 Å². The molecular weight excluding hydrogens is 435 g/mol. The quantitative estimate of drug-likeness (QED) is 0.353. The number of nitrogens with zero attached hydrogens (tertiary/aromatic N) is 2. The molecule has 1 amide bonds. The average molecular weight is 468 g/mol. The molecule has 1 aliphatic carbocycles. The molecule has 0 bridgehead atoms. The molecule has 1 unspecified atom stereocenters. The molecule has 1 heterocycles. The van der Waals surface area contributed by atoms with Crippen molar-refractivity contribution in [1.82, 2.24) is 15.5 Å². The maximum Gasteiger partial charge on any atom is 0.243 e. The number of nitrogens with one attached hydrogen (secondary N) is 2. The van der Waals surface area contributed by atoms with E-state index in [-0.39, 0.29) is 48.3 Å². The van der Waals surface area contributed by atoms with Crippen LogP contribution in [-0.2, 0) is 14.3 Å². The summed E-state index contributed by atoms with van der Waals surface area (Å²) < 4.78 is 12.1. The Morgan fingerprint density at radius 3 is 2.60 bits per heavy atom. The van der Waals surface area contributed by atoms with Gasteiger partial charge in [-0.1, -0.05) is 13.3 Å². The van der Waals surface area contributed by atoms with Gasteiger partial charge in [-0.2, -0.15) is 0 Å². The lowest BCUT2D eigenvalue weighted by Crippen LogP contribution is -2.43. The van der Waals surface area contributed by atoms with Crippen LogP contribution in [0, 0.1) is 0 Å². The van der Waals surface area contributed by atoms with Gasteiger partial charge in [0.15, 0.2) is 11.7 Å². The van der Waals surface area contributed by atoms with Gasteiger partial charge >= 0.3 is 0 Å². The topological polar surface area (TPSA) is 75.2 Å². The molecule has 0 aromatic heterocycles. The normalized spacial score (nSPS) is 22.4. The maximum atomic E-state index is 11.7. The first-order valence-electron chi connectivity index (χ1n) is 9.09. The number of halogens is 1. The number of carbonyl (C=O) groups excluding carboxylic acids is 1. The Balaban J connectivity index is 0.00000312. The lowest BCUT2D eigenvalue weighted by atomic mass is 9.94. The summed E-state index contributed by atoms with van der Waals surface area (Å²) in [6.07, 6.45) is 6.64. The van der Waals surface area contributed by atoms with Crippen molar-refractivity contribution < 1.29 is 14.3 Å². The number of amides is 1. The minimum absolute atomic E-state index is 0. The molecule has 1 saturated carbocycles. The molecule has 146 valence electrons. The van der Waals surface area contributed by atoms with Crippen LogP contribution in [0.3, 0.4) is 0 Å². The van der Waals surface area contributed by atoms with E-state index >= 15 is 0 Å². The van der Waals surface area contributed by atoms with E-state index in [0.29, 0.717) is 19.1 Å². The minimum atomic E-state index is -0.348. The van der Waals surface area contributed by atoms with Gasteiger partial charge < -0.3 is 25.0 Å². The molecule has 2 N–H and O–H groups in total. The second-order valence-corrected chi connectivity index (χ2v) is 6.78. The van der Waals surface area contributed by atoms with Crippen LogP contribution in [0.5, 0.6) is 0 Å². The second kappa shape index (κ2) is 11.2. The third-order valence-electron chi connectivity index (χ3n) is 4.44. The van der Waals surface area contributed by atoms with E-state index in [0.717, 1.165) is 25.8 Å². The highest BCUT2D eigenvalue weighted by Gasteiger charge is 2.42. The van der Waals surface area contributed by atoms with E-state index < -0.39 is 0 Å².